The molecule has 1 aromatic heterocycles. The van der Waals surface area contributed by atoms with E-state index in [0.29, 0.717) is 28.7 Å². The number of nitro benzene ring substituents is 1. The van der Waals surface area contributed by atoms with E-state index in [-0.39, 0.29) is 11.4 Å². The molecule has 0 aliphatic rings. The number of thioether (sulfide) groups is 1. The molecule has 116 valence electrons. The lowest BCUT2D eigenvalue weighted by atomic mass is 10.1. The molecule has 0 unspecified atom stereocenters. The molecule has 1 aromatic carbocycles. The Hall–Kier alpha value is -2.42. The first-order valence-electron chi connectivity index (χ1n) is 6.47. The van der Waals surface area contributed by atoms with Crippen molar-refractivity contribution in [1.82, 2.24) is 14.8 Å². The lowest BCUT2D eigenvalue weighted by Crippen LogP contribution is -2.03. The topological polar surface area (TPSA) is 111 Å². The van der Waals surface area contributed by atoms with Gasteiger partial charge in [0.1, 0.15) is 0 Å². The van der Waals surface area contributed by atoms with E-state index in [2.05, 4.69) is 10.2 Å². The van der Waals surface area contributed by atoms with Gasteiger partial charge in [0.2, 0.25) is 0 Å². The van der Waals surface area contributed by atoms with E-state index in [0.717, 1.165) is 11.8 Å². The SMILES string of the molecule is CCn1c(SCC(=O)O)nnc1-c1ccc(C)c([N+](=O)[O-])c1. The standard InChI is InChI=1S/C13H14N4O4S/c1-3-16-12(14-15-13(16)22-7-11(18)19)9-5-4-8(2)10(6-9)17(20)21/h4-6H,3,7H2,1-2H3,(H,18,19). The number of hydrogen-bond acceptors (Lipinski definition) is 6. The number of hydrogen-bond donors (Lipinski definition) is 1. The number of benzene rings is 1. The van der Waals surface area contributed by atoms with E-state index >= 15 is 0 Å². The van der Waals surface area contributed by atoms with Crippen molar-refractivity contribution in [2.24, 2.45) is 0 Å². The van der Waals surface area contributed by atoms with Crippen molar-refractivity contribution in [3.63, 3.8) is 0 Å². The maximum absolute atomic E-state index is 11.0. The van der Waals surface area contributed by atoms with Crippen LogP contribution in [0.15, 0.2) is 23.4 Å². The van der Waals surface area contributed by atoms with Gasteiger partial charge in [-0.15, -0.1) is 10.2 Å². The minimum Gasteiger partial charge on any atom is -0.481 e. The average Bonchev–Trinajstić information content (AvgIpc) is 2.88. The summed E-state index contributed by atoms with van der Waals surface area (Å²) in [6.07, 6.45) is 0. The lowest BCUT2D eigenvalue weighted by Gasteiger charge is -2.07. The minimum absolute atomic E-state index is 0.0166. The Morgan fingerprint density at radius 2 is 2.18 bits per heavy atom. The quantitative estimate of drug-likeness (QED) is 0.493. The van der Waals surface area contributed by atoms with Gasteiger partial charge in [0.25, 0.3) is 5.69 Å². The second kappa shape index (κ2) is 6.56. The van der Waals surface area contributed by atoms with Crippen LogP contribution in [0.1, 0.15) is 12.5 Å². The highest BCUT2D eigenvalue weighted by Crippen LogP contribution is 2.28. The van der Waals surface area contributed by atoms with Gasteiger partial charge in [0.15, 0.2) is 11.0 Å². The molecule has 2 aromatic rings. The third-order valence-corrected chi connectivity index (χ3v) is 3.97. The summed E-state index contributed by atoms with van der Waals surface area (Å²) in [5.74, 6) is -0.576. The van der Waals surface area contributed by atoms with E-state index in [9.17, 15) is 14.9 Å². The molecule has 0 spiro atoms. The molecule has 1 heterocycles. The Balaban J connectivity index is 2.42. The predicted molar refractivity (Wildman–Crippen MR) is 80.9 cm³/mol. The summed E-state index contributed by atoms with van der Waals surface area (Å²) in [6, 6.07) is 4.85. The van der Waals surface area contributed by atoms with Crippen LogP contribution in [0.3, 0.4) is 0 Å². The fourth-order valence-electron chi connectivity index (χ4n) is 1.97. The number of rotatable bonds is 6. The second-order valence-corrected chi connectivity index (χ2v) is 5.43. The van der Waals surface area contributed by atoms with E-state index in [1.54, 1.807) is 23.6 Å². The first-order chi connectivity index (χ1) is 10.4. The highest BCUT2D eigenvalue weighted by Gasteiger charge is 2.18. The predicted octanol–water partition coefficient (Wildman–Crippen LogP) is 2.36. The first kappa shape index (κ1) is 16.0. The number of carboxylic acids is 1. The molecule has 9 heteroatoms. The van der Waals surface area contributed by atoms with Crippen LogP contribution in [0, 0.1) is 17.0 Å². The van der Waals surface area contributed by atoms with Crippen molar-refractivity contribution in [2.45, 2.75) is 25.5 Å². The van der Waals surface area contributed by atoms with Crippen LogP contribution in [0.4, 0.5) is 5.69 Å². The number of nitrogens with zero attached hydrogens (tertiary/aromatic N) is 4. The molecule has 0 atom stereocenters. The maximum Gasteiger partial charge on any atom is 0.313 e. The van der Waals surface area contributed by atoms with Crippen LogP contribution in [0.2, 0.25) is 0 Å². The van der Waals surface area contributed by atoms with Gasteiger partial charge in [-0.3, -0.25) is 14.9 Å². The normalized spacial score (nSPS) is 10.6. The largest absolute Gasteiger partial charge is 0.481 e. The molecule has 8 nitrogen and oxygen atoms in total. The van der Waals surface area contributed by atoms with Crippen LogP contribution < -0.4 is 0 Å². The van der Waals surface area contributed by atoms with Crippen molar-refractivity contribution in [1.29, 1.82) is 0 Å². The van der Waals surface area contributed by atoms with Gasteiger partial charge in [0, 0.05) is 23.7 Å². The van der Waals surface area contributed by atoms with Gasteiger partial charge in [-0.2, -0.15) is 0 Å². The van der Waals surface area contributed by atoms with Gasteiger partial charge < -0.3 is 9.67 Å². The Labute approximate surface area is 130 Å². The van der Waals surface area contributed by atoms with Crippen LogP contribution in [0.25, 0.3) is 11.4 Å². The summed E-state index contributed by atoms with van der Waals surface area (Å²) in [7, 11) is 0. The lowest BCUT2D eigenvalue weighted by molar-refractivity contribution is -0.385. The van der Waals surface area contributed by atoms with Crippen LogP contribution in [-0.2, 0) is 11.3 Å². The third kappa shape index (κ3) is 3.25. The molecule has 1 N–H and O–H groups in total. The zero-order chi connectivity index (χ0) is 16.3. The summed E-state index contributed by atoms with van der Waals surface area (Å²) in [5, 5.41) is 28.3. The van der Waals surface area contributed by atoms with E-state index in [1.165, 1.54) is 6.07 Å². The number of aromatic nitrogens is 3. The van der Waals surface area contributed by atoms with Gasteiger partial charge in [0.05, 0.1) is 10.7 Å². The maximum atomic E-state index is 11.0. The zero-order valence-corrected chi connectivity index (χ0v) is 12.8. The molecule has 22 heavy (non-hydrogen) atoms. The zero-order valence-electron chi connectivity index (χ0n) is 12.0. The molecule has 0 bridgehead atoms. The summed E-state index contributed by atoms with van der Waals surface area (Å²) in [5.41, 5.74) is 1.16. The minimum atomic E-state index is -0.942. The van der Waals surface area contributed by atoms with Crippen molar-refractivity contribution in [3.05, 3.63) is 33.9 Å². The van der Waals surface area contributed by atoms with Gasteiger partial charge in [-0.05, 0) is 13.8 Å². The van der Waals surface area contributed by atoms with E-state index in [4.69, 9.17) is 5.11 Å². The van der Waals surface area contributed by atoms with Crippen LogP contribution in [0.5, 0.6) is 0 Å². The molecule has 0 fully saturated rings. The summed E-state index contributed by atoms with van der Waals surface area (Å²) in [6.45, 7) is 4.08. The molecular formula is C13H14N4O4S. The summed E-state index contributed by atoms with van der Waals surface area (Å²) in [4.78, 5) is 21.2. The Morgan fingerprint density at radius 3 is 2.77 bits per heavy atom. The molecule has 0 aliphatic heterocycles. The highest BCUT2D eigenvalue weighted by atomic mass is 32.2. The average molecular weight is 322 g/mol. The van der Waals surface area contributed by atoms with E-state index in [1.807, 2.05) is 6.92 Å². The van der Waals surface area contributed by atoms with Gasteiger partial charge in [-0.25, -0.2) is 0 Å². The van der Waals surface area contributed by atoms with Crippen molar-refractivity contribution < 1.29 is 14.8 Å². The third-order valence-electron chi connectivity index (χ3n) is 3.02. The smallest absolute Gasteiger partial charge is 0.313 e. The molecule has 0 amide bonds. The van der Waals surface area contributed by atoms with Crippen molar-refractivity contribution in [3.8, 4) is 11.4 Å². The van der Waals surface area contributed by atoms with Crippen molar-refractivity contribution >= 4 is 23.4 Å². The Kier molecular flexibility index (Phi) is 4.76. The summed E-state index contributed by atoms with van der Waals surface area (Å²) < 4.78 is 1.74. The number of nitro groups is 1. The summed E-state index contributed by atoms with van der Waals surface area (Å²) >= 11 is 1.06. The van der Waals surface area contributed by atoms with Crippen LogP contribution in [-0.4, -0.2) is 36.5 Å². The number of aryl methyl sites for hydroxylation is 1. The molecule has 0 aliphatic carbocycles. The number of carboxylic acid groups (broad SMARTS) is 1. The molecule has 0 radical (unpaired) electrons. The number of carbonyl (C=O) groups is 1. The number of aliphatic carboxylic acids is 1. The molecule has 0 saturated heterocycles. The molecule has 0 saturated carbocycles. The molecule has 2 rings (SSSR count). The fourth-order valence-corrected chi connectivity index (χ4v) is 2.69. The molecular weight excluding hydrogens is 308 g/mol. The Morgan fingerprint density at radius 1 is 1.45 bits per heavy atom. The van der Waals surface area contributed by atoms with Gasteiger partial charge >= 0.3 is 5.97 Å². The highest BCUT2D eigenvalue weighted by molar-refractivity contribution is 7.99. The van der Waals surface area contributed by atoms with Crippen LogP contribution >= 0.6 is 11.8 Å². The van der Waals surface area contributed by atoms with E-state index < -0.39 is 10.9 Å². The van der Waals surface area contributed by atoms with Gasteiger partial charge in [-0.1, -0.05) is 23.9 Å². The van der Waals surface area contributed by atoms with Crippen molar-refractivity contribution in [2.75, 3.05) is 5.75 Å². The fraction of sp³-hybridized carbons (Fsp3) is 0.308. The second-order valence-electron chi connectivity index (χ2n) is 4.49. The Bertz CT molecular complexity index is 729. The monoisotopic (exact) mass is 322 g/mol. The first-order valence-corrected chi connectivity index (χ1v) is 7.45.